The number of fused-ring (bicyclic) bond motifs is 1. The average molecular weight is 443 g/mol. The molecule has 0 radical (unpaired) electrons. The molecule has 4 rings (SSSR count). The van der Waals surface area contributed by atoms with Gasteiger partial charge in [0.15, 0.2) is 0 Å². The summed E-state index contributed by atoms with van der Waals surface area (Å²) in [7, 11) is -1.70. The number of carbonyl (C=O) groups is 1. The van der Waals surface area contributed by atoms with Gasteiger partial charge in [0.1, 0.15) is 11.6 Å². The topological polar surface area (TPSA) is 85.7 Å². The molecule has 3 N–H and O–H groups in total. The van der Waals surface area contributed by atoms with E-state index in [2.05, 4.69) is 10.3 Å². The third kappa shape index (κ3) is 4.86. The van der Waals surface area contributed by atoms with Gasteiger partial charge in [-0.15, -0.1) is 0 Å². The van der Waals surface area contributed by atoms with Crippen LogP contribution in [-0.2, 0) is 0 Å². The van der Waals surface area contributed by atoms with Gasteiger partial charge in [0, 0.05) is 43.1 Å². The van der Waals surface area contributed by atoms with Gasteiger partial charge >= 0.3 is 7.12 Å². The highest BCUT2D eigenvalue weighted by atomic mass is 19.3. The fourth-order valence-electron chi connectivity index (χ4n) is 3.79. The number of nitrogens with one attached hydrogen (secondary N) is 1. The van der Waals surface area contributed by atoms with Crippen LogP contribution in [-0.4, -0.2) is 47.1 Å². The molecule has 2 aromatic carbocycles. The third-order valence-electron chi connectivity index (χ3n) is 5.46. The van der Waals surface area contributed by atoms with E-state index in [4.69, 9.17) is 0 Å². The number of carbonyl (C=O) groups excluding carboxylic acids is 1. The molecule has 2 heterocycles. The summed E-state index contributed by atoms with van der Waals surface area (Å²) in [5.74, 6) is -3.61. The summed E-state index contributed by atoms with van der Waals surface area (Å²) in [6.45, 7) is 0.295. The second-order valence-corrected chi connectivity index (χ2v) is 7.85. The van der Waals surface area contributed by atoms with E-state index in [1.54, 1.807) is 23.1 Å². The largest absolute Gasteiger partial charge is 0.488 e. The van der Waals surface area contributed by atoms with Crippen molar-refractivity contribution in [2.75, 3.05) is 23.3 Å². The molecule has 1 saturated heterocycles. The molecule has 1 fully saturated rings. The van der Waals surface area contributed by atoms with Crippen molar-refractivity contribution in [2.24, 2.45) is 0 Å². The molecule has 166 valence electrons. The molecule has 0 unspecified atom stereocenters. The highest BCUT2D eigenvalue weighted by Gasteiger charge is 2.33. The Hall–Kier alpha value is -3.11. The lowest BCUT2D eigenvalue weighted by atomic mass is 9.80. The summed E-state index contributed by atoms with van der Waals surface area (Å²) in [6, 6.07) is 11.6. The third-order valence-corrected chi connectivity index (χ3v) is 5.46. The average Bonchev–Trinajstić information content (AvgIpc) is 2.93. The van der Waals surface area contributed by atoms with Crippen molar-refractivity contribution in [2.45, 2.75) is 25.2 Å². The van der Waals surface area contributed by atoms with Gasteiger partial charge in [-0.25, -0.2) is 18.2 Å². The van der Waals surface area contributed by atoms with Crippen molar-refractivity contribution >= 4 is 40.9 Å². The van der Waals surface area contributed by atoms with Crippen LogP contribution >= 0.6 is 0 Å². The number of halogens is 3. The number of hydrogen-bond acceptors (Lipinski definition) is 5. The summed E-state index contributed by atoms with van der Waals surface area (Å²) in [4.78, 5) is 19.2. The smallest absolute Gasteiger partial charge is 0.423 e. The summed E-state index contributed by atoms with van der Waals surface area (Å²) in [6.07, 6.45) is -0.385. The highest BCUT2D eigenvalue weighted by Crippen LogP contribution is 2.32. The van der Waals surface area contributed by atoms with Gasteiger partial charge in [0.25, 0.3) is 5.91 Å². The summed E-state index contributed by atoms with van der Waals surface area (Å²) >= 11 is 0. The van der Waals surface area contributed by atoms with Crippen molar-refractivity contribution in [3.8, 4) is 0 Å². The molecule has 32 heavy (non-hydrogen) atoms. The number of pyridine rings is 1. The molecule has 1 aliphatic heterocycles. The molecular formula is C22H21BF3N3O3. The van der Waals surface area contributed by atoms with E-state index >= 15 is 0 Å². The first kappa shape index (κ1) is 22.1. The van der Waals surface area contributed by atoms with Crippen LogP contribution in [0.2, 0.25) is 0 Å². The van der Waals surface area contributed by atoms with Crippen molar-refractivity contribution in [1.29, 1.82) is 0 Å². The zero-order valence-electron chi connectivity index (χ0n) is 17.1. The minimum atomic E-state index is -2.79. The van der Waals surface area contributed by atoms with Gasteiger partial charge < -0.3 is 20.3 Å². The highest BCUT2D eigenvalue weighted by molar-refractivity contribution is 6.58. The molecular weight excluding hydrogens is 422 g/mol. The number of anilines is 2. The van der Waals surface area contributed by atoms with Crippen LogP contribution in [0.1, 0.15) is 29.6 Å². The number of rotatable bonds is 4. The van der Waals surface area contributed by atoms with Gasteiger partial charge in [0.05, 0.1) is 11.1 Å². The molecule has 0 saturated carbocycles. The van der Waals surface area contributed by atoms with Crippen molar-refractivity contribution in [3.63, 3.8) is 0 Å². The normalized spacial score (nSPS) is 16.0. The molecule has 1 amide bonds. The Morgan fingerprint density at radius 3 is 2.69 bits per heavy atom. The molecule has 0 aliphatic carbocycles. The van der Waals surface area contributed by atoms with Crippen LogP contribution in [0.15, 0.2) is 48.5 Å². The van der Waals surface area contributed by atoms with E-state index in [1.165, 1.54) is 30.3 Å². The number of aromatic nitrogens is 1. The summed E-state index contributed by atoms with van der Waals surface area (Å²) < 4.78 is 41.5. The first-order valence-corrected chi connectivity index (χ1v) is 10.2. The first-order valence-electron chi connectivity index (χ1n) is 10.2. The van der Waals surface area contributed by atoms with Crippen molar-refractivity contribution < 1.29 is 28.0 Å². The minimum absolute atomic E-state index is 0.00723. The van der Waals surface area contributed by atoms with E-state index in [9.17, 15) is 28.0 Å². The van der Waals surface area contributed by atoms with Crippen LogP contribution in [0.3, 0.4) is 0 Å². The SMILES string of the molecule is O=C(Nc1cccc(B(O)O)c1)c1cc2ccc(F)cc2nc1N1CCCC(F)(F)CC1. The Balaban J connectivity index is 1.73. The van der Waals surface area contributed by atoms with E-state index in [0.29, 0.717) is 16.6 Å². The van der Waals surface area contributed by atoms with Gasteiger partial charge in [0.2, 0.25) is 5.92 Å². The zero-order chi connectivity index (χ0) is 22.9. The number of alkyl halides is 2. The second-order valence-electron chi connectivity index (χ2n) is 7.85. The monoisotopic (exact) mass is 443 g/mol. The van der Waals surface area contributed by atoms with Crippen LogP contribution in [0.25, 0.3) is 10.9 Å². The molecule has 3 aromatic rings. The Bertz CT molecular complexity index is 1160. The first-order chi connectivity index (χ1) is 15.2. The maximum absolute atomic E-state index is 13.9. The summed E-state index contributed by atoms with van der Waals surface area (Å²) in [5, 5.41) is 21.9. The van der Waals surface area contributed by atoms with Gasteiger partial charge in [-0.3, -0.25) is 4.79 Å². The minimum Gasteiger partial charge on any atom is -0.423 e. The molecule has 6 nitrogen and oxygen atoms in total. The Kier molecular flexibility index (Phi) is 6.08. The molecule has 0 atom stereocenters. The van der Waals surface area contributed by atoms with Crippen LogP contribution < -0.4 is 15.7 Å². The van der Waals surface area contributed by atoms with E-state index in [-0.39, 0.29) is 49.2 Å². The van der Waals surface area contributed by atoms with Crippen molar-refractivity contribution in [3.05, 3.63) is 59.9 Å². The van der Waals surface area contributed by atoms with Crippen molar-refractivity contribution in [1.82, 2.24) is 4.98 Å². The van der Waals surface area contributed by atoms with Crippen LogP contribution in [0.4, 0.5) is 24.7 Å². The quantitative estimate of drug-likeness (QED) is 0.540. The fraction of sp³-hybridized carbons (Fsp3) is 0.273. The zero-order valence-corrected chi connectivity index (χ0v) is 17.1. The number of benzene rings is 2. The van der Waals surface area contributed by atoms with E-state index in [0.717, 1.165) is 0 Å². The molecule has 10 heteroatoms. The standard InChI is InChI=1S/C22H21BF3N3O3/c24-16-6-5-14-11-18(21(30)27-17-4-1-3-15(12-17)23(31)32)20(28-19(14)13-16)29-9-2-7-22(25,26)8-10-29/h1,3-6,11-13,31-32H,2,7-10H2,(H,27,30). The Morgan fingerprint density at radius 2 is 1.91 bits per heavy atom. The van der Waals surface area contributed by atoms with E-state index in [1.807, 2.05) is 0 Å². The maximum atomic E-state index is 13.9. The van der Waals surface area contributed by atoms with Gasteiger partial charge in [-0.2, -0.15) is 0 Å². The van der Waals surface area contributed by atoms with Crippen LogP contribution in [0.5, 0.6) is 0 Å². The van der Waals surface area contributed by atoms with Crippen LogP contribution in [0, 0.1) is 5.82 Å². The lowest BCUT2D eigenvalue weighted by Gasteiger charge is -2.24. The Labute approximate surface area is 182 Å². The van der Waals surface area contributed by atoms with Gasteiger partial charge in [-0.1, -0.05) is 12.1 Å². The predicted molar refractivity (Wildman–Crippen MR) is 117 cm³/mol. The number of nitrogens with zero attached hydrogens (tertiary/aromatic N) is 2. The predicted octanol–water partition coefficient (Wildman–Crippen LogP) is 2.93. The molecule has 1 aliphatic rings. The lowest BCUT2D eigenvalue weighted by Crippen LogP contribution is -2.31. The molecule has 0 bridgehead atoms. The molecule has 0 spiro atoms. The second kappa shape index (κ2) is 8.80. The number of amides is 1. The molecule has 1 aromatic heterocycles. The maximum Gasteiger partial charge on any atom is 0.488 e. The fourth-order valence-corrected chi connectivity index (χ4v) is 3.79. The lowest BCUT2D eigenvalue weighted by molar-refractivity contribution is -0.0102. The van der Waals surface area contributed by atoms with Gasteiger partial charge in [-0.05, 0) is 42.2 Å². The number of hydrogen-bond donors (Lipinski definition) is 3. The van der Waals surface area contributed by atoms with E-state index < -0.39 is 24.8 Å². The summed E-state index contributed by atoms with van der Waals surface area (Å²) in [5.41, 5.74) is 1.00. The Morgan fingerprint density at radius 1 is 1.09 bits per heavy atom.